The second-order valence-corrected chi connectivity index (χ2v) is 9.50. The SMILES string of the molecule is CC(C)(C)OC(=O)N(CCCNc1ncc(C(=O)N2CCCCC2)cc1Cl)C1CC1. The fourth-order valence-corrected chi connectivity index (χ4v) is 3.78. The molecule has 7 nitrogen and oxygen atoms in total. The lowest BCUT2D eigenvalue weighted by molar-refractivity contribution is 0.0233. The van der Waals surface area contributed by atoms with Gasteiger partial charge in [0, 0.05) is 38.4 Å². The highest BCUT2D eigenvalue weighted by molar-refractivity contribution is 6.33. The highest BCUT2D eigenvalue weighted by Crippen LogP contribution is 2.28. The van der Waals surface area contributed by atoms with Gasteiger partial charge in [-0.3, -0.25) is 4.79 Å². The Morgan fingerprint density at radius 2 is 1.97 bits per heavy atom. The summed E-state index contributed by atoms with van der Waals surface area (Å²) in [5.41, 5.74) is 0.0325. The lowest BCUT2D eigenvalue weighted by Gasteiger charge is -2.27. The molecule has 1 N–H and O–H groups in total. The molecular formula is C22H33ClN4O3. The lowest BCUT2D eigenvalue weighted by Crippen LogP contribution is -2.39. The first kappa shape index (κ1) is 22.7. The first-order valence-electron chi connectivity index (χ1n) is 10.9. The van der Waals surface area contributed by atoms with Gasteiger partial charge in [-0.1, -0.05) is 11.6 Å². The molecular weight excluding hydrogens is 404 g/mol. The molecule has 1 aliphatic heterocycles. The monoisotopic (exact) mass is 436 g/mol. The maximum absolute atomic E-state index is 12.6. The molecule has 2 amide bonds. The summed E-state index contributed by atoms with van der Waals surface area (Å²) < 4.78 is 5.52. The molecule has 0 radical (unpaired) electrons. The molecule has 2 fully saturated rings. The fraction of sp³-hybridized carbons (Fsp3) is 0.682. The summed E-state index contributed by atoms with van der Waals surface area (Å²) in [7, 11) is 0. The van der Waals surface area contributed by atoms with Crippen molar-refractivity contribution in [3.63, 3.8) is 0 Å². The Balaban J connectivity index is 1.48. The zero-order valence-electron chi connectivity index (χ0n) is 18.2. The Labute approximate surface area is 184 Å². The van der Waals surface area contributed by atoms with E-state index >= 15 is 0 Å². The van der Waals surface area contributed by atoms with Gasteiger partial charge in [-0.2, -0.15) is 0 Å². The Kier molecular flexibility index (Phi) is 7.45. The molecule has 1 aliphatic carbocycles. The van der Waals surface area contributed by atoms with Crippen molar-refractivity contribution in [2.75, 3.05) is 31.5 Å². The molecule has 30 heavy (non-hydrogen) atoms. The number of carbonyl (C=O) groups is 2. The second kappa shape index (κ2) is 9.86. The van der Waals surface area contributed by atoms with Crippen LogP contribution in [0.2, 0.25) is 5.02 Å². The highest BCUT2D eigenvalue weighted by Gasteiger charge is 2.34. The summed E-state index contributed by atoms with van der Waals surface area (Å²) in [6.45, 7) is 8.48. The summed E-state index contributed by atoms with van der Waals surface area (Å²) in [6, 6.07) is 1.98. The molecule has 1 aromatic rings. The summed E-state index contributed by atoms with van der Waals surface area (Å²) >= 11 is 6.36. The minimum Gasteiger partial charge on any atom is -0.444 e. The van der Waals surface area contributed by atoms with E-state index in [0.29, 0.717) is 35.5 Å². The number of amides is 2. The van der Waals surface area contributed by atoms with E-state index in [4.69, 9.17) is 16.3 Å². The zero-order chi connectivity index (χ0) is 21.7. The quantitative estimate of drug-likeness (QED) is 0.634. The van der Waals surface area contributed by atoms with Crippen molar-refractivity contribution in [1.29, 1.82) is 0 Å². The lowest BCUT2D eigenvalue weighted by atomic mass is 10.1. The minimum absolute atomic E-state index is 0.00640. The van der Waals surface area contributed by atoms with Crippen LogP contribution in [-0.4, -0.2) is 64.6 Å². The van der Waals surface area contributed by atoms with E-state index in [0.717, 1.165) is 45.2 Å². The van der Waals surface area contributed by atoms with Crippen molar-refractivity contribution in [2.24, 2.45) is 0 Å². The molecule has 0 spiro atoms. The third kappa shape index (κ3) is 6.49. The Bertz CT molecular complexity index is 755. The number of hydrogen-bond donors (Lipinski definition) is 1. The topological polar surface area (TPSA) is 74.8 Å². The molecule has 8 heteroatoms. The number of halogens is 1. The van der Waals surface area contributed by atoms with Crippen LogP contribution >= 0.6 is 11.6 Å². The number of rotatable bonds is 7. The Morgan fingerprint density at radius 1 is 1.27 bits per heavy atom. The summed E-state index contributed by atoms with van der Waals surface area (Å²) in [6.07, 6.45) is 7.43. The normalized spacial score (nSPS) is 16.9. The number of ether oxygens (including phenoxy) is 1. The van der Waals surface area contributed by atoms with Crippen LogP contribution in [0.3, 0.4) is 0 Å². The third-order valence-electron chi connectivity index (χ3n) is 5.22. The van der Waals surface area contributed by atoms with E-state index in [1.807, 2.05) is 30.6 Å². The van der Waals surface area contributed by atoms with Crippen LogP contribution in [0, 0.1) is 0 Å². The highest BCUT2D eigenvalue weighted by atomic mass is 35.5. The van der Waals surface area contributed by atoms with Crippen LogP contribution in [0.4, 0.5) is 10.6 Å². The van der Waals surface area contributed by atoms with E-state index in [9.17, 15) is 9.59 Å². The van der Waals surface area contributed by atoms with Crippen molar-refractivity contribution >= 4 is 29.4 Å². The predicted molar refractivity (Wildman–Crippen MR) is 118 cm³/mol. The number of anilines is 1. The Hall–Kier alpha value is -2.02. The molecule has 0 unspecified atom stereocenters. The number of nitrogens with one attached hydrogen (secondary N) is 1. The van der Waals surface area contributed by atoms with E-state index in [1.54, 1.807) is 12.3 Å². The van der Waals surface area contributed by atoms with Gasteiger partial charge in [-0.05, 0) is 65.4 Å². The van der Waals surface area contributed by atoms with Crippen LogP contribution in [0.15, 0.2) is 12.3 Å². The Morgan fingerprint density at radius 3 is 2.57 bits per heavy atom. The average molecular weight is 437 g/mol. The number of likely N-dealkylation sites (tertiary alicyclic amines) is 1. The van der Waals surface area contributed by atoms with E-state index in [1.165, 1.54) is 6.42 Å². The molecule has 0 aromatic carbocycles. The van der Waals surface area contributed by atoms with Gasteiger partial charge in [0.2, 0.25) is 0 Å². The molecule has 166 valence electrons. The molecule has 0 atom stereocenters. The predicted octanol–water partition coefficient (Wildman–Crippen LogP) is 4.56. The largest absolute Gasteiger partial charge is 0.444 e. The maximum atomic E-state index is 12.6. The molecule has 3 rings (SSSR count). The molecule has 1 aromatic heterocycles. The molecule has 1 saturated heterocycles. The van der Waals surface area contributed by atoms with Crippen molar-refractivity contribution < 1.29 is 14.3 Å². The standard InChI is InChI=1S/C22H33ClN4O3/c1-22(2,3)30-21(29)27(17-8-9-17)13-7-10-24-19-18(23)14-16(15-25-19)20(28)26-11-5-4-6-12-26/h14-15,17H,4-13H2,1-3H3,(H,24,25). The maximum Gasteiger partial charge on any atom is 0.410 e. The minimum atomic E-state index is -0.493. The molecule has 2 aliphatic rings. The summed E-state index contributed by atoms with van der Waals surface area (Å²) in [5.74, 6) is 0.551. The first-order chi connectivity index (χ1) is 14.2. The van der Waals surface area contributed by atoms with E-state index < -0.39 is 5.60 Å². The van der Waals surface area contributed by atoms with Crippen molar-refractivity contribution in [1.82, 2.24) is 14.8 Å². The average Bonchev–Trinajstić information content (AvgIpc) is 3.52. The van der Waals surface area contributed by atoms with Crippen molar-refractivity contribution in [3.8, 4) is 0 Å². The van der Waals surface area contributed by atoms with Gasteiger partial charge in [0.05, 0.1) is 10.6 Å². The molecule has 1 saturated carbocycles. The van der Waals surface area contributed by atoms with E-state index in [2.05, 4.69) is 10.3 Å². The van der Waals surface area contributed by atoms with Crippen LogP contribution in [-0.2, 0) is 4.74 Å². The van der Waals surface area contributed by atoms with Crippen LogP contribution in [0.1, 0.15) is 69.7 Å². The van der Waals surface area contributed by atoms with Crippen molar-refractivity contribution in [3.05, 3.63) is 22.8 Å². The zero-order valence-corrected chi connectivity index (χ0v) is 19.0. The van der Waals surface area contributed by atoms with Crippen molar-refractivity contribution in [2.45, 2.75) is 70.9 Å². The van der Waals surface area contributed by atoms with Gasteiger partial charge >= 0.3 is 6.09 Å². The van der Waals surface area contributed by atoms with Crippen LogP contribution in [0.25, 0.3) is 0 Å². The second-order valence-electron chi connectivity index (χ2n) is 9.09. The smallest absolute Gasteiger partial charge is 0.410 e. The summed E-state index contributed by atoms with van der Waals surface area (Å²) in [5, 5.41) is 3.65. The number of carbonyl (C=O) groups excluding carboxylic acids is 2. The number of piperidine rings is 1. The number of aromatic nitrogens is 1. The van der Waals surface area contributed by atoms with Crippen LogP contribution in [0.5, 0.6) is 0 Å². The molecule has 0 bridgehead atoms. The number of pyridine rings is 1. The third-order valence-corrected chi connectivity index (χ3v) is 5.50. The van der Waals surface area contributed by atoms with Crippen LogP contribution < -0.4 is 5.32 Å². The van der Waals surface area contributed by atoms with Gasteiger partial charge in [-0.15, -0.1) is 0 Å². The number of nitrogens with zero attached hydrogens (tertiary/aromatic N) is 3. The summed E-state index contributed by atoms with van der Waals surface area (Å²) in [4.78, 5) is 33.0. The fourth-order valence-electron chi connectivity index (χ4n) is 3.55. The van der Waals surface area contributed by atoms with Gasteiger partial charge in [0.15, 0.2) is 0 Å². The van der Waals surface area contributed by atoms with Gasteiger partial charge in [0.25, 0.3) is 5.91 Å². The van der Waals surface area contributed by atoms with E-state index in [-0.39, 0.29) is 12.0 Å². The first-order valence-corrected chi connectivity index (χ1v) is 11.3. The molecule has 2 heterocycles. The van der Waals surface area contributed by atoms with Gasteiger partial charge in [0.1, 0.15) is 11.4 Å². The number of hydrogen-bond acceptors (Lipinski definition) is 5. The van der Waals surface area contributed by atoms with Gasteiger partial charge < -0.3 is 19.9 Å². The van der Waals surface area contributed by atoms with Gasteiger partial charge in [-0.25, -0.2) is 9.78 Å².